The van der Waals surface area contributed by atoms with Crippen molar-refractivity contribution < 1.29 is 23.9 Å². The Balaban J connectivity index is 1.64. The van der Waals surface area contributed by atoms with Crippen molar-refractivity contribution in [3.05, 3.63) is 60.0 Å². The highest BCUT2D eigenvalue weighted by Crippen LogP contribution is 2.42. The number of pyridine rings is 1. The number of carboxylic acids is 1. The van der Waals surface area contributed by atoms with E-state index in [9.17, 15) is 9.90 Å². The Morgan fingerprint density at radius 2 is 1.77 bits per heavy atom. The van der Waals surface area contributed by atoms with Gasteiger partial charge in [-0.05, 0) is 58.7 Å². The lowest BCUT2D eigenvalue weighted by Gasteiger charge is -2.18. The molecule has 4 aromatic heterocycles. The molecule has 1 aliphatic rings. The summed E-state index contributed by atoms with van der Waals surface area (Å²) in [4.78, 5) is 16.8. The molecule has 0 unspecified atom stereocenters. The molecule has 6 rings (SSSR count). The minimum absolute atomic E-state index is 0.0857. The molecule has 0 spiro atoms. The molecule has 1 aromatic carbocycles. The Morgan fingerprint density at radius 1 is 1.05 bits per heavy atom. The number of hydrogen-bond acceptors (Lipinski definition) is 7. The third kappa shape index (κ3) is 4.31. The summed E-state index contributed by atoms with van der Waals surface area (Å²) in [6, 6.07) is 5.56. The highest BCUT2D eigenvalue weighted by atomic mass is 16.5. The lowest BCUT2D eigenvalue weighted by molar-refractivity contribution is 0.0695. The van der Waals surface area contributed by atoms with Crippen molar-refractivity contribution in [2.45, 2.75) is 46.6 Å². The highest BCUT2D eigenvalue weighted by Gasteiger charge is 2.27. The van der Waals surface area contributed by atoms with Crippen LogP contribution in [0.3, 0.4) is 0 Å². The van der Waals surface area contributed by atoms with Crippen LogP contribution >= 0.6 is 0 Å². The average molecular weight is 528 g/mol. The van der Waals surface area contributed by atoms with Gasteiger partial charge in [-0.15, -0.1) is 0 Å². The Morgan fingerprint density at radius 3 is 2.36 bits per heavy atom. The molecule has 1 N–H and O–H groups in total. The summed E-state index contributed by atoms with van der Waals surface area (Å²) in [5.41, 5.74) is 6.62. The van der Waals surface area contributed by atoms with Crippen LogP contribution in [-0.2, 0) is 0 Å². The van der Waals surface area contributed by atoms with Gasteiger partial charge in [0.15, 0.2) is 0 Å². The van der Waals surface area contributed by atoms with Gasteiger partial charge in [0, 0.05) is 40.8 Å². The number of carbonyl (C=O) groups is 1. The molecule has 0 radical (unpaired) electrons. The standard InChI is InChI=1S/C29H29N5O5/c1-5-37-24-10-18(29(35)36)11-25(38-6-2)28(24)33-15-22(20-13-31-34(14-20)21-7-8-21)27-23(33)9-19(12-30-27)26-16(3)32-39-17(26)4/h9-15,21H,5-8H2,1-4H3,(H,35,36). The quantitative estimate of drug-likeness (QED) is 0.248. The molecular weight excluding hydrogens is 498 g/mol. The van der Waals surface area contributed by atoms with Gasteiger partial charge in [-0.2, -0.15) is 5.10 Å². The second-order valence-electron chi connectivity index (χ2n) is 9.64. The molecular formula is C29H29N5O5. The van der Waals surface area contributed by atoms with Gasteiger partial charge < -0.3 is 23.7 Å². The summed E-state index contributed by atoms with van der Waals surface area (Å²) in [6.07, 6.45) is 10.0. The van der Waals surface area contributed by atoms with Crippen LogP contribution in [0, 0.1) is 13.8 Å². The fourth-order valence-corrected chi connectivity index (χ4v) is 5.02. The molecule has 0 saturated heterocycles. The van der Waals surface area contributed by atoms with Gasteiger partial charge in [0.05, 0.1) is 47.7 Å². The maximum absolute atomic E-state index is 11.9. The van der Waals surface area contributed by atoms with E-state index in [0.29, 0.717) is 42.2 Å². The van der Waals surface area contributed by atoms with Crippen LogP contribution < -0.4 is 9.47 Å². The van der Waals surface area contributed by atoms with Crippen molar-refractivity contribution in [1.29, 1.82) is 0 Å². The predicted octanol–water partition coefficient (Wildman–Crippen LogP) is 5.99. The molecule has 1 fully saturated rings. The number of fused-ring (bicyclic) bond motifs is 1. The second kappa shape index (κ2) is 9.61. The van der Waals surface area contributed by atoms with Gasteiger partial charge in [-0.3, -0.25) is 9.67 Å². The number of hydrogen-bond donors (Lipinski definition) is 1. The van der Waals surface area contributed by atoms with E-state index in [2.05, 4.69) is 16.5 Å². The minimum Gasteiger partial charge on any atom is -0.492 e. The van der Waals surface area contributed by atoms with Gasteiger partial charge in [0.25, 0.3) is 0 Å². The molecule has 200 valence electrons. The topological polar surface area (TPSA) is 117 Å². The van der Waals surface area contributed by atoms with Crippen molar-refractivity contribution >= 4 is 17.0 Å². The highest BCUT2D eigenvalue weighted by molar-refractivity contribution is 5.97. The fraction of sp³-hybridized carbons (Fsp3) is 0.310. The lowest BCUT2D eigenvalue weighted by Crippen LogP contribution is -2.07. The number of carboxylic acid groups (broad SMARTS) is 1. The molecule has 5 aromatic rings. The number of aromatic nitrogens is 5. The first-order valence-corrected chi connectivity index (χ1v) is 13.1. The first-order valence-electron chi connectivity index (χ1n) is 13.1. The van der Waals surface area contributed by atoms with E-state index in [1.54, 1.807) is 0 Å². The molecule has 0 aliphatic heterocycles. The summed E-state index contributed by atoms with van der Waals surface area (Å²) in [5, 5.41) is 18.5. The van der Waals surface area contributed by atoms with E-state index < -0.39 is 5.97 Å². The summed E-state index contributed by atoms with van der Waals surface area (Å²) >= 11 is 0. The Hall–Kier alpha value is -4.60. The minimum atomic E-state index is -1.06. The number of nitrogens with zero attached hydrogens (tertiary/aromatic N) is 5. The SMILES string of the molecule is CCOc1cc(C(=O)O)cc(OCC)c1-n1cc(-c2cnn(C3CC3)c2)c2ncc(-c3c(C)noc3C)cc21. The number of ether oxygens (including phenoxy) is 2. The number of aromatic carboxylic acids is 1. The van der Waals surface area contributed by atoms with Crippen LogP contribution in [0.1, 0.15) is 54.5 Å². The average Bonchev–Trinajstić information content (AvgIpc) is 3.38. The first kappa shape index (κ1) is 24.7. The summed E-state index contributed by atoms with van der Waals surface area (Å²) in [5.74, 6) is 0.450. The molecule has 0 amide bonds. The summed E-state index contributed by atoms with van der Waals surface area (Å²) < 4.78 is 21.4. The van der Waals surface area contributed by atoms with Gasteiger partial charge >= 0.3 is 5.97 Å². The Labute approximate surface area is 224 Å². The third-order valence-corrected chi connectivity index (χ3v) is 6.92. The number of rotatable bonds is 9. The van der Waals surface area contributed by atoms with E-state index in [4.69, 9.17) is 19.0 Å². The van der Waals surface area contributed by atoms with Crippen LogP contribution in [0.25, 0.3) is 39.0 Å². The second-order valence-corrected chi connectivity index (χ2v) is 9.64. The van der Waals surface area contributed by atoms with E-state index in [0.717, 1.165) is 51.8 Å². The molecule has 0 bridgehead atoms. The predicted molar refractivity (Wildman–Crippen MR) is 145 cm³/mol. The smallest absolute Gasteiger partial charge is 0.335 e. The van der Waals surface area contributed by atoms with Crippen LogP contribution in [0.2, 0.25) is 0 Å². The van der Waals surface area contributed by atoms with Crippen LogP contribution in [0.4, 0.5) is 0 Å². The molecule has 1 aliphatic carbocycles. The van der Waals surface area contributed by atoms with Crippen LogP contribution in [0.15, 0.2) is 47.5 Å². The fourth-order valence-electron chi connectivity index (χ4n) is 5.02. The molecule has 10 heteroatoms. The molecule has 4 heterocycles. The van der Waals surface area contributed by atoms with E-state index in [1.165, 1.54) is 12.1 Å². The molecule has 39 heavy (non-hydrogen) atoms. The van der Waals surface area contributed by atoms with E-state index in [-0.39, 0.29) is 5.56 Å². The summed E-state index contributed by atoms with van der Waals surface area (Å²) in [7, 11) is 0. The monoisotopic (exact) mass is 527 g/mol. The zero-order valence-electron chi connectivity index (χ0n) is 22.3. The largest absolute Gasteiger partial charge is 0.492 e. The van der Waals surface area contributed by atoms with E-state index in [1.807, 2.05) is 61.6 Å². The van der Waals surface area contributed by atoms with Crippen molar-refractivity contribution in [2.24, 2.45) is 0 Å². The first-order chi connectivity index (χ1) is 18.9. The van der Waals surface area contributed by atoms with Crippen molar-refractivity contribution in [3.63, 3.8) is 0 Å². The van der Waals surface area contributed by atoms with Crippen molar-refractivity contribution in [2.75, 3.05) is 13.2 Å². The van der Waals surface area contributed by atoms with Gasteiger partial charge in [0.1, 0.15) is 22.9 Å². The van der Waals surface area contributed by atoms with E-state index >= 15 is 0 Å². The van der Waals surface area contributed by atoms with Gasteiger partial charge in [-0.1, -0.05) is 5.16 Å². The summed E-state index contributed by atoms with van der Waals surface area (Å²) in [6.45, 7) is 8.20. The number of aryl methyl sites for hydroxylation is 2. The maximum atomic E-state index is 11.9. The number of benzene rings is 1. The molecule has 0 atom stereocenters. The Kier molecular flexibility index (Phi) is 6.09. The Bertz CT molecular complexity index is 1660. The zero-order chi connectivity index (χ0) is 27.3. The van der Waals surface area contributed by atoms with Gasteiger partial charge in [-0.25, -0.2) is 4.79 Å². The van der Waals surface area contributed by atoms with Gasteiger partial charge in [0.2, 0.25) is 0 Å². The molecule has 1 saturated carbocycles. The van der Waals surface area contributed by atoms with Crippen molar-refractivity contribution in [3.8, 4) is 39.4 Å². The van der Waals surface area contributed by atoms with Crippen molar-refractivity contribution in [1.82, 2.24) is 24.5 Å². The normalized spacial score (nSPS) is 13.2. The van der Waals surface area contributed by atoms with Crippen LogP contribution in [0.5, 0.6) is 11.5 Å². The third-order valence-electron chi connectivity index (χ3n) is 6.92. The lowest BCUT2D eigenvalue weighted by atomic mass is 10.1. The zero-order valence-corrected chi connectivity index (χ0v) is 22.3. The maximum Gasteiger partial charge on any atom is 0.335 e. The molecule has 10 nitrogen and oxygen atoms in total. The van der Waals surface area contributed by atoms with Crippen LogP contribution in [-0.4, -0.2) is 48.8 Å².